The molecule has 6 nitrogen and oxygen atoms in total. The van der Waals surface area contributed by atoms with Gasteiger partial charge in [0.15, 0.2) is 0 Å². The number of aromatic nitrogens is 2. The molecule has 0 radical (unpaired) electrons. The van der Waals surface area contributed by atoms with Crippen molar-refractivity contribution in [3.8, 4) is 0 Å². The van der Waals surface area contributed by atoms with Crippen molar-refractivity contribution >= 4 is 23.5 Å². The predicted molar refractivity (Wildman–Crippen MR) is 101 cm³/mol. The second-order valence-corrected chi connectivity index (χ2v) is 6.42. The summed E-state index contributed by atoms with van der Waals surface area (Å²) in [7, 11) is 4.07. The fourth-order valence-corrected chi connectivity index (χ4v) is 2.48. The van der Waals surface area contributed by atoms with Crippen molar-refractivity contribution in [1.29, 1.82) is 0 Å². The van der Waals surface area contributed by atoms with Gasteiger partial charge in [-0.1, -0.05) is 23.7 Å². The van der Waals surface area contributed by atoms with E-state index >= 15 is 0 Å². The van der Waals surface area contributed by atoms with Gasteiger partial charge in [-0.25, -0.2) is 9.97 Å². The van der Waals surface area contributed by atoms with Gasteiger partial charge in [-0.05, 0) is 57.2 Å². The molecule has 0 saturated heterocycles. The molecule has 2 aromatic rings. The van der Waals surface area contributed by atoms with Crippen LogP contribution < -0.4 is 10.6 Å². The van der Waals surface area contributed by atoms with Gasteiger partial charge in [0.2, 0.25) is 5.95 Å². The predicted octanol–water partition coefficient (Wildman–Crippen LogP) is 2.47. The Morgan fingerprint density at radius 1 is 1.24 bits per heavy atom. The number of carbonyl (C=O) groups excluding carboxylic acids is 1. The number of hydrogen-bond acceptors (Lipinski definition) is 5. The van der Waals surface area contributed by atoms with Crippen LogP contribution in [0.3, 0.4) is 0 Å². The van der Waals surface area contributed by atoms with Gasteiger partial charge in [-0.15, -0.1) is 0 Å². The number of amides is 1. The van der Waals surface area contributed by atoms with E-state index in [0.29, 0.717) is 29.6 Å². The fourth-order valence-electron chi connectivity index (χ4n) is 2.27. The first-order valence-corrected chi connectivity index (χ1v) is 8.66. The molecule has 0 spiro atoms. The van der Waals surface area contributed by atoms with Gasteiger partial charge in [0.05, 0.1) is 0 Å². The number of nitrogens with zero attached hydrogens (tertiary/aromatic N) is 3. The number of hydrogen-bond donors (Lipinski definition) is 2. The Hall–Kier alpha value is -2.18. The summed E-state index contributed by atoms with van der Waals surface area (Å²) in [5, 5.41) is 6.71. The average molecular weight is 362 g/mol. The monoisotopic (exact) mass is 361 g/mol. The van der Waals surface area contributed by atoms with Crippen LogP contribution in [0.5, 0.6) is 0 Å². The molecule has 0 aliphatic rings. The van der Waals surface area contributed by atoms with E-state index in [1.807, 2.05) is 38.4 Å². The first kappa shape index (κ1) is 19.1. The maximum absolute atomic E-state index is 12.2. The first-order chi connectivity index (χ1) is 12.0. The summed E-state index contributed by atoms with van der Waals surface area (Å²) in [6.07, 6.45) is 3.28. The number of rotatable bonds is 9. The summed E-state index contributed by atoms with van der Waals surface area (Å²) >= 11 is 5.96. The molecule has 0 unspecified atom stereocenters. The van der Waals surface area contributed by atoms with Crippen molar-refractivity contribution in [1.82, 2.24) is 20.2 Å². The summed E-state index contributed by atoms with van der Waals surface area (Å²) in [5.41, 5.74) is 1.44. The van der Waals surface area contributed by atoms with E-state index in [-0.39, 0.29) is 5.91 Å². The van der Waals surface area contributed by atoms with Crippen LogP contribution in [0.1, 0.15) is 22.5 Å². The molecule has 1 heterocycles. The van der Waals surface area contributed by atoms with Crippen molar-refractivity contribution in [3.05, 3.63) is 52.8 Å². The quantitative estimate of drug-likeness (QED) is 0.671. The number of carbonyl (C=O) groups is 1. The maximum atomic E-state index is 12.2. The lowest BCUT2D eigenvalue weighted by Crippen LogP contribution is -2.27. The summed E-state index contributed by atoms with van der Waals surface area (Å²) in [6, 6.07) is 9.22. The third-order valence-electron chi connectivity index (χ3n) is 3.54. The normalized spacial score (nSPS) is 10.7. The minimum atomic E-state index is -0.208. The highest BCUT2D eigenvalue weighted by atomic mass is 35.5. The highest BCUT2D eigenvalue weighted by Crippen LogP contribution is 2.10. The lowest BCUT2D eigenvalue weighted by Gasteiger charge is -2.10. The van der Waals surface area contributed by atoms with E-state index in [9.17, 15) is 4.79 Å². The van der Waals surface area contributed by atoms with Crippen LogP contribution in [-0.4, -0.2) is 54.5 Å². The topological polar surface area (TPSA) is 70.2 Å². The Morgan fingerprint density at radius 2 is 2.08 bits per heavy atom. The lowest BCUT2D eigenvalue weighted by molar-refractivity contribution is 0.0949. The largest absolute Gasteiger partial charge is 0.354 e. The van der Waals surface area contributed by atoms with E-state index in [4.69, 9.17) is 11.6 Å². The summed E-state index contributed by atoms with van der Waals surface area (Å²) in [6.45, 7) is 2.27. The van der Waals surface area contributed by atoms with E-state index in [2.05, 4.69) is 25.5 Å². The lowest BCUT2D eigenvalue weighted by atomic mass is 10.1. The van der Waals surface area contributed by atoms with Crippen molar-refractivity contribution in [2.24, 2.45) is 0 Å². The fraction of sp³-hybridized carbons (Fsp3) is 0.389. The first-order valence-electron chi connectivity index (χ1n) is 8.29. The molecule has 2 rings (SSSR count). The van der Waals surface area contributed by atoms with Gasteiger partial charge in [0.25, 0.3) is 5.91 Å². The molecule has 0 fully saturated rings. The number of anilines is 1. The Kier molecular flexibility index (Phi) is 7.63. The molecule has 7 heteroatoms. The number of benzene rings is 1. The molecule has 0 aliphatic heterocycles. The van der Waals surface area contributed by atoms with Gasteiger partial charge in [-0.3, -0.25) is 4.79 Å². The molecule has 0 atom stereocenters. The highest BCUT2D eigenvalue weighted by Gasteiger charge is 2.08. The third kappa shape index (κ3) is 7.07. The van der Waals surface area contributed by atoms with Crippen LogP contribution >= 0.6 is 11.6 Å². The van der Waals surface area contributed by atoms with Gasteiger partial charge in [-0.2, -0.15) is 0 Å². The zero-order valence-corrected chi connectivity index (χ0v) is 15.4. The van der Waals surface area contributed by atoms with E-state index in [1.54, 1.807) is 12.3 Å². The minimum absolute atomic E-state index is 0.208. The molecule has 0 bridgehead atoms. The molecule has 1 aromatic heterocycles. The number of nitrogens with one attached hydrogen (secondary N) is 2. The van der Waals surface area contributed by atoms with Crippen molar-refractivity contribution in [2.45, 2.75) is 12.8 Å². The highest BCUT2D eigenvalue weighted by molar-refractivity contribution is 6.30. The zero-order valence-electron chi connectivity index (χ0n) is 14.6. The van der Waals surface area contributed by atoms with E-state index in [0.717, 1.165) is 25.1 Å². The SMILES string of the molecule is CN(C)CCCNc1nccc(C(=O)NCCc2cccc(Cl)c2)n1. The molecular weight excluding hydrogens is 338 g/mol. The molecule has 1 aromatic carbocycles. The molecule has 25 heavy (non-hydrogen) atoms. The van der Waals surface area contributed by atoms with Crippen LogP contribution in [0.2, 0.25) is 5.02 Å². The second-order valence-electron chi connectivity index (χ2n) is 5.98. The van der Waals surface area contributed by atoms with Gasteiger partial charge in [0, 0.05) is 24.3 Å². The third-order valence-corrected chi connectivity index (χ3v) is 3.78. The van der Waals surface area contributed by atoms with Crippen LogP contribution in [-0.2, 0) is 6.42 Å². The number of halogens is 1. The summed E-state index contributed by atoms with van der Waals surface area (Å²) in [5.74, 6) is 0.266. The molecule has 0 saturated carbocycles. The van der Waals surface area contributed by atoms with Gasteiger partial charge >= 0.3 is 0 Å². The van der Waals surface area contributed by atoms with E-state index in [1.165, 1.54) is 0 Å². The Bertz CT molecular complexity index is 693. The average Bonchev–Trinajstić information content (AvgIpc) is 2.59. The maximum Gasteiger partial charge on any atom is 0.270 e. The van der Waals surface area contributed by atoms with Gasteiger partial charge < -0.3 is 15.5 Å². The molecule has 134 valence electrons. The summed E-state index contributed by atoms with van der Waals surface area (Å²) in [4.78, 5) is 22.7. The van der Waals surface area contributed by atoms with Gasteiger partial charge in [0.1, 0.15) is 5.69 Å². The van der Waals surface area contributed by atoms with E-state index < -0.39 is 0 Å². The second kappa shape index (κ2) is 9.96. The Labute approximate surface area is 153 Å². The van der Waals surface area contributed by atoms with Crippen LogP contribution in [0.15, 0.2) is 36.5 Å². The minimum Gasteiger partial charge on any atom is -0.354 e. The van der Waals surface area contributed by atoms with Crippen molar-refractivity contribution in [3.63, 3.8) is 0 Å². The Morgan fingerprint density at radius 3 is 2.84 bits per heavy atom. The van der Waals surface area contributed by atoms with Crippen molar-refractivity contribution < 1.29 is 4.79 Å². The molecular formula is C18H24ClN5O. The molecule has 2 N–H and O–H groups in total. The van der Waals surface area contributed by atoms with Crippen LogP contribution in [0, 0.1) is 0 Å². The van der Waals surface area contributed by atoms with Crippen LogP contribution in [0.4, 0.5) is 5.95 Å². The zero-order chi connectivity index (χ0) is 18.1. The van der Waals surface area contributed by atoms with Crippen LogP contribution in [0.25, 0.3) is 0 Å². The molecule has 1 amide bonds. The smallest absolute Gasteiger partial charge is 0.270 e. The molecule has 0 aliphatic carbocycles. The van der Waals surface area contributed by atoms with Crippen molar-refractivity contribution in [2.75, 3.05) is 39.0 Å². The summed E-state index contributed by atoms with van der Waals surface area (Å²) < 4.78 is 0. The standard InChI is InChI=1S/C18H24ClN5O/c1-24(2)12-4-9-21-18-22-11-8-16(23-18)17(25)20-10-7-14-5-3-6-15(19)13-14/h3,5-6,8,11,13H,4,7,9-10,12H2,1-2H3,(H,20,25)(H,21,22,23). The Balaban J connectivity index is 1.79.